The van der Waals surface area contributed by atoms with Crippen molar-refractivity contribution in [2.45, 2.75) is 0 Å². The van der Waals surface area contributed by atoms with E-state index in [4.69, 9.17) is 0 Å². The second-order valence-electron chi connectivity index (χ2n) is 3.71. The summed E-state index contributed by atoms with van der Waals surface area (Å²) in [6, 6.07) is 9.51. The van der Waals surface area contributed by atoms with Crippen LogP contribution in [0.3, 0.4) is 0 Å². The fraction of sp³-hybridized carbons (Fsp3) is 0. The molecule has 104 valence electrons. The van der Waals surface area contributed by atoms with E-state index in [0.717, 1.165) is 12.3 Å². The quantitative estimate of drug-likeness (QED) is 0.871. The second-order valence-corrected chi connectivity index (χ2v) is 4.66. The summed E-state index contributed by atoms with van der Waals surface area (Å²) in [5, 5.41) is 2.49. The van der Waals surface area contributed by atoms with Gasteiger partial charge in [-0.2, -0.15) is 8.42 Å². The number of nitrogens with zero attached hydrogens (tertiary/aromatic N) is 1. The van der Waals surface area contributed by atoms with Crippen LogP contribution in [-0.4, -0.2) is 19.3 Å². The largest absolute Gasteiger partial charge is 0.488 e. The number of hydrogen-bond acceptors (Lipinski definition) is 5. The van der Waals surface area contributed by atoms with Crippen LogP contribution in [0.4, 0.5) is 9.57 Å². The monoisotopic (exact) mass is 296 g/mol. The minimum absolute atomic E-state index is 0.181. The third-order valence-corrected chi connectivity index (χ3v) is 2.59. The molecule has 0 aliphatic carbocycles. The normalized spacial score (nSPS) is 10.8. The Labute approximate surface area is 114 Å². The summed E-state index contributed by atoms with van der Waals surface area (Å²) in [6.07, 6.45) is 2.29. The predicted octanol–water partition coefficient (Wildman–Crippen LogP) is 1.93. The minimum Gasteiger partial charge on any atom is -0.357 e. The van der Waals surface area contributed by atoms with Gasteiger partial charge in [0.05, 0.1) is 18.1 Å². The van der Waals surface area contributed by atoms with Crippen LogP contribution in [0.15, 0.2) is 48.8 Å². The zero-order valence-corrected chi connectivity index (χ0v) is 10.8. The highest BCUT2D eigenvalue weighted by atomic mass is 32.3. The van der Waals surface area contributed by atoms with Crippen LogP contribution in [0, 0.1) is 0 Å². The standard InChI is InChI=1S/C12H9FN2O4S/c13-20(17,18)19-11-6-10(7-14-8-11)15-12(16)9-4-2-1-3-5-9/h1-8H,(H,15,16). The van der Waals surface area contributed by atoms with Crippen LogP contribution in [0.1, 0.15) is 10.4 Å². The predicted molar refractivity (Wildman–Crippen MR) is 69.3 cm³/mol. The van der Waals surface area contributed by atoms with Gasteiger partial charge in [-0.3, -0.25) is 9.78 Å². The SMILES string of the molecule is O=C(Nc1cncc(OS(=O)(=O)F)c1)c1ccccc1. The molecular formula is C12H9FN2O4S. The first-order valence-corrected chi connectivity index (χ1v) is 6.70. The molecule has 0 saturated carbocycles. The number of hydrogen-bond donors (Lipinski definition) is 1. The average molecular weight is 296 g/mol. The lowest BCUT2D eigenvalue weighted by molar-refractivity contribution is 0.102. The summed E-state index contributed by atoms with van der Waals surface area (Å²) in [4.78, 5) is 15.5. The van der Waals surface area contributed by atoms with Crippen molar-refractivity contribution in [3.05, 3.63) is 54.4 Å². The maximum atomic E-state index is 12.4. The molecule has 2 aromatic rings. The van der Waals surface area contributed by atoms with Gasteiger partial charge in [0.2, 0.25) is 0 Å². The Kier molecular flexibility index (Phi) is 3.94. The Hall–Kier alpha value is -2.48. The molecule has 0 radical (unpaired) electrons. The highest BCUT2D eigenvalue weighted by molar-refractivity contribution is 7.81. The molecule has 6 nitrogen and oxygen atoms in total. The van der Waals surface area contributed by atoms with E-state index in [1.54, 1.807) is 30.3 Å². The summed E-state index contributed by atoms with van der Waals surface area (Å²) in [5.41, 5.74) is 0.594. The summed E-state index contributed by atoms with van der Waals surface area (Å²) >= 11 is 0. The lowest BCUT2D eigenvalue weighted by atomic mass is 10.2. The van der Waals surface area contributed by atoms with E-state index < -0.39 is 16.4 Å². The van der Waals surface area contributed by atoms with Crippen LogP contribution in [0.5, 0.6) is 5.75 Å². The lowest BCUT2D eigenvalue weighted by Crippen LogP contribution is -2.12. The van der Waals surface area contributed by atoms with Gasteiger partial charge in [-0.15, -0.1) is 0 Å². The Balaban J connectivity index is 2.14. The van der Waals surface area contributed by atoms with Crippen LogP contribution in [-0.2, 0) is 10.5 Å². The fourth-order valence-electron chi connectivity index (χ4n) is 1.44. The first kappa shape index (κ1) is 13.9. The van der Waals surface area contributed by atoms with Gasteiger partial charge in [-0.05, 0) is 12.1 Å². The number of benzene rings is 1. The number of amides is 1. The molecule has 0 aliphatic heterocycles. The zero-order chi connectivity index (χ0) is 14.6. The van der Waals surface area contributed by atoms with E-state index >= 15 is 0 Å². The molecule has 0 atom stereocenters. The number of anilines is 1. The summed E-state index contributed by atoms with van der Waals surface area (Å²) in [5.74, 6) is -0.744. The molecule has 8 heteroatoms. The van der Waals surface area contributed by atoms with Gasteiger partial charge in [0.25, 0.3) is 5.91 Å². The Morgan fingerprint density at radius 1 is 1.20 bits per heavy atom. The van der Waals surface area contributed by atoms with Gasteiger partial charge in [0.15, 0.2) is 5.75 Å². The maximum absolute atomic E-state index is 12.4. The van der Waals surface area contributed by atoms with Crippen LogP contribution in [0.25, 0.3) is 0 Å². The van der Waals surface area contributed by atoms with Crippen molar-refractivity contribution in [1.29, 1.82) is 0 Å². The van der Waals surface area contributed by atoms with E-state index in [2.05, 4.69) is 14.5 Å². The molecule has 1 amide bonds. The third-order valence-electron chi connectivity index (χ3n) is 2.20. The van der Waals surface area contributed by atoms with Gasteiger partial charge in [0, 0.05) is 11.6 Å². The summed E-state index contributed by atoms with van der Waals surface area (Å²) in [7, 11) is -5.13. The molecule has 20 heavy (non-hydrogen) atoms. The minimum atomic E-state index is -5.13. The molecule has 0 saturated heterocycles. The van der Waals surface area contributed by atoms with Gasteiger partial charge in [-0.25, -0.2) is 0 Å². The Morgan fingerprint density at radius 2 is 1.90 bits per heavy atom. The molecule has 0 aliphatic rings. The zero-order valence-electron chi connectivity index (χ0n) is 9.99. The molecule has 1 aromatic carbocycles. The van der Waals surface area contributed by atoms with Gasteiger partial charge < -0.3 is 9.50 Å². The number of aromatic nitrogens is 1. The third kappa shape index (κ3) is 4.02. The summed E-state index contributed by atoms with van der Waals surface area (Å²) in [6.45, 7) is 0. The number of pyridine rings is 1. The van der Waals surface area contributed by atoms with E-state index in [9.17, 15) is 17.1 Å². The maximum Gasteiger partial charge on any atom is 0.488 e. The van der Waals surface area contributed by atoms with Crippen LogP contribution in [0.2, 0.25) is 0 Å². The molecule has 1 heterocycles. The molecule has 0 fully saturated rings. The lowest BCUT2D eigenvalue weighted by Gasteiger charge is -2.06. The highest BCUT2D eigenvalue weighted by Crippen LogP contribution is 2.18. The van der Waals surface area contributed by atoms with Crippen molar-refractivity contribution in [3.63, 3.8) is 0 Å². The van der Waals surface area contributed by atoms with Crippen molar-refractivity contribution in [2.75, 3.05) is 5.32 Å². The van der Waals surface area contributed by atoms with E-state index in [0.29, 0.717) is 5.56 Å². The van der Waals surface area contributed by atoms with Gasteiger partial charge >= 0.3 is 10.5 Å². The number of carbonyl (C=O) groups is 1. The number of carbonyl (C=O) groups excluding carboxylic acids is 1. The van der Waals surface area contributed by atoms with Crippen molar-refractivity contribution < 1.29 is 21.3 Å². The average Bonchev–Trinajstić information content (AvgIpc) is 2.38. The first-order valence-electron chi connectivity index (χ1n) is 5.39. The molecule has 0 bridgehead atoms. The van der Waals surface area contributed by atoms with Gasteiger partial charge in [0.1, 0.15) is 0 Å². The van der Waals surface area contributed by atoms with Crippen molar-refractivity contribution in [1.82, 2.24) is 4.98 Å². The number of rotatable bonds is 4. The summed E-state index contributed by atoms with van der Waals surface area (Å²) < 4.78 is 37.1. The van der Waals surface area contributed by atoms with Crippen molar-refractivity contribution >= 4 is 22.1 Å². The topological polar surface area (TPSA) is 85.4 Å². The molecule has 2 rings (SSSR count). The number of nitrogens with one attached hydrogen (secondary N) is 1. The van der Waals surface area contributed by atoms with Crippen LogP contribution < -0.4 is 9.50 Å². The molecule has 1 N–H and O–H groups in total. The van der Waals surface area contributed by atoms with Gasteiger partial charge in [-0.1, -0.05) is 22.1 Å². The Bertz CT molecular complexity index is 719. The van der Waals surface area contributed by atoms with E-state index in [1.807, 2.05) is 0 Å². The van der Waals surface area contributed by atoms with E-state index in [-0.39, 0.29) is 11.4 Å². The highest BCUT2D eigenvalue weighted by Gasteiger charge is 2.11. The second kappa shape index (κ2) is 5.66. The van der Waals surface area contributed by atoms with E-state index in [1.165, 1.54) is 6.20 Å². The molecular weight excluding hydrogens is 287 g/mol. The van der Waals surface area contributed by atoms with Crippen molar-refractivity contribution in [3.8, 4) is 5.75 Å². The smallest absolute Gasteiger partial charge is 0.357 e. The molecule has 0 unspecified atom stereocenters. The van der Waals surface area contributed by atoms with Crippen molar-refractivity contribution in [2.24, 2.45) is 0 Å². The number of halogens is 1. The molecule has 1 aromatic heterocycles. The molecule has 0 spiro atoms. The fourth-order valence-corrected chi connectivity index (χ4v) is 1.76. The Morgan fingerprint density at radius 3 is 2.55 bits per heavy atom. The van der Waals surface area contributed by atoms with Crippen LogP contribution >= 0.6 is 0 Å². The first-order chi connectivity index (χ1) is 9.44.